The third kappa shape index (κ3) is 3.93. The van der Waals surface area contributed by atoms with Gasteiger partial charge in [0, 0.05) is 29.4 Å². The molecule has 2 rings (SSSR count). The molecular weight excluding hydrogens is 250 g/mol. The van der Waals surface area contributed by atoms with Gasteiger partial charge in [-0.2, -0.15) is 0 Å². The number of piperidine rings is 1. The zero-order chi connectivity index (χ0) is 15.0. The van der Waals surface area contributed by atoms with E-state index in [0.717, 1.165) is 24.2 Å². The van der Waals surface area contributed by atoms with Gasteiger partial charge in [-0.15, -0.1) is 0 Å². The molecule has 0 bridgehead atoms. The van der Waals surface area contributed by atoms with Crippen LogP contribution in [0.15, 0.2) is 12.1 Å². The minimum absolute atomic E-state index is 0.126. The molecule has 1 fully saturated rings. The van der Waals surface area contributed by atoms with E-state index in [0.29, 0.717) is 12.6 Å². The van der Waals surface area contributed by atoms with Crippen molar-refractivity contribution in [1.82, 2.24) is 15.6 Å². The first-order valence-electron chi connectivity index (χ1n) is 7.35. The zero-order valence-electron chi connectivity index (χ0n) is 13.2. The Kier molecular flexibility index (Phi) is 4.07. The van der Waals surface area contributed by atoms with Gasteiger partial charge in [0.05, 0.1) is 5.69 Å². The lowest BCUT2D eigenvalue weighted by Gasteiger charge is -2.46. The Hall–Kier alpha value is -1.13. The minimum Gasteiger partial charge on any atom is -0.506 e. The van der Waals surface area contributed by atoms with Gasteiger partial charge in [-0.05, 0) is 59.6 Å². The van der Waals surface area contributed by atoms with Crippen LogP contribution < -0.4 is 10.6 Å². The lowest BCUT2D eigenvalue weighted by Crippen LogP contribution is -2.61. The number of hydrogen-bond donors (Lipinski definition) is 3. The largest absolute Gasteiger partial charge is 0.506 e. The summed E-state index contributed by atoms with van der Waals surface area (Å²) in [6.07, 6.45) is 2.14. The molecule has 0 aromatic carbocycles. The average Bonchev–Trinajstić information content (AvgIpc) is 2.26. The summed E-state index contributed by atoms with van der Waals surface area (Å²) in [4.78, 5) is 4.40. The Bertz CT molecular complexity index is 467. The molecule has 20 heavy (non-hydrogen) atoms. The summed E-state index contributed by atoms with van der Waals surface area (Å²) in [7, 11) is 0. The fourth-order valence-corrected chi connectivity index (χ4v) is 3.44. The molecule has 4 heteroatoms. The van der Waals surface area contributed by atoms with E-state index in [9.17, 15) is 5.11 Å². The molecule has 1 aliphatic rings. The van der Waals surface area contributed by atoms with E-state index >= 15 is 0 Å². The van der Waals surface area contributed by atoms with Crippen LogP contribution in [0.4, 0.5) is 0 Å². The Morgan fingerprint density at radius 2 is 1.85 bits per heavy atom. The van der Waals surface area contributed by atoms with Gasteiger partial charge in [0.15, 0.2) is 0 Å². The van der Waals surface area contributed by atoms with Crippen LogP contribution in [-0.4, -0.2) is 27.2 Å². The Balaban J connectivity index is 2.01. The Labute approximate surface area is 122 Å². The quantitative estimate of drug-likeness (QED) is 0.794. The smallest absolute Gasteiger partial charge is 0.138 e. The average molecular weight is 277 g/mol. The van der Waals surface area contributed by atoms with Crippen LogP contribution in [0, 0.1) is 6.92 Å². The molecule has 0 radical (unpaired) electrons. The Morgan fingerprint density at radius 1 is 1.25 bits per heavy atom. The van der Waals surface area contributed by atoms with Gasteiger partial charge >= 0.3 is 0 Å². The molecular formula is C16H27N3O. The van der Waals surface area contributed by atoms with Crippen molar-refractivity contribution in [2.45, 2.75) is 71.1 Å². The number of pyridine rings is 1. The van der Waals surface area contributed by atoms with E-state index in [1.165, 1.54) is 0 Å². The first-order chi connectivity index (χ1) is 9.17. The second-order valence-electron chi connectivity index (χ2n) is 7.30. The first kappa shape index (κ1) is 15.3. The fraction of sp³-hybridized carbons (Fsp3) is 0.688. The highest BCUT2D eigenvalue weighted by atomic mass is 16.3. The SMILES string of the molecule is Cc1ccc(O)c(CNC2CC(C)(C)NC(C)(C)C2)n1. The summed E-state index contributed by atoms with van der Waals surface area (Å²) in [5.74, 6) is 0.274. The highest BCUT2D eigenvalue weighted by Crippen LogP contribution is 2.28. The van der Waals surface area contributed by atoms with Crippen LogP contribution in [0.1, 0.15) is 51.9 Å². The summed E-state index contributed by atoms with van der Waals surface area (Å²) in [5, 5.41) is 17.1. The summed E-state index contributed by atoms with van der Waals surface area (Å²) >= 11 is 0. The van der Waals surface area contributed by atoms with Crippen molar-refractivity contribution in [3.05, 3.63) is 23.5 Å². The van der Waals surface area contributed by atoms with Crippen molar-refractivity contribution in [3.63, 3.8) is 0 Å². The maximum Gasteiger partial charge on any atom is 0.138 e. The topological polar surface area (TPSA) is 57.2 Å². The molecule has 0 amide bonds. The number of aromatic hydroxyl groups is 1. The summed E-state index contributed by atoms with van der Waals surface area (Å²) in [6.45, 7) is 11.5. The standard InChI is InChI=1S/C16H27N3O/c1-11-6-7-14(20)13(18-11)10-17-12-8-15(2,3)19-16(4,5)9-12/h6-7,12,17,19-20H,8-10H2,1-5H3. The highest BCUT2D eigenvalue weighted by molar-refractivity contribution is 5.27. The maximum atomic E-state index is 9.85. The predicted molar refractivity (Wildman–Crippen MR) is 81.8 cm³/mol. The van der Waals surface area contributed by atoms with Gasteiger partial charge in [-0.1, -0.05) is 0 Å². The molecule has 112 valence electrons. The normalized spacial score (nSPS) is 21.9. The molecule has 0 spiro atoms. The summed E-state index contributed by atoms with van der Waals surface area (Å²) in [5.41, 5.74) is 1.92. The van der Waals surface area contributed by atoms with Gasteiger partial charge in [0.1, 0.15) is 5.75 Å². The lowest BCUT2D eigenvalue weighted by atomic mass is 9.79. The third-order valence-corrected chi connectivity index (χ3v) is 3.84. The number of nitrogens with one attached hydrogen (secondary N) is 2. The van der Waals surface area contributed by atoms with Gasteiger partial charge in [0.2, 0.25) is 0 Å². The van der Waals surface area contributed by atoms with Crippen molar-refractivity contribution in [2.24, 2.45) is 0 Å². The predicted octanol–water partition coefficient (Wildman–Crippen LogP) is 2.49. The van der Waals surface area contributed by atoms with Crippen molar-refractivity contribution in [2.75, 3.05) is 0 Å². The Morgan fingerprint density at radius 3 is 2.45 bits per heavy atom. The maximum absolute atomic E-state index is 9.85. The molecule has 4 nitrogen and oxygen atoms in total. The molecule has 0 atom stereocenters. The molecule has 0 aliphatic carbocycles. The molecule has 0 unspecified atom stereocenters. The monoisotopic (exact) mass is 277 g/mol. The number of hydrogen-bond acceptors (Lipinski definition) is 4. The van der Waals surface area contributed by atoms with E-state index < -0.39 is 0 Å². The second-order valence-corrected chi connectivity index (χ2v) is 7.30. The summed E-state index contributed by atoms with van der Waals surface area (Å²) in [6, 6.07) is 3.98. The van der Waals surface area contributed by atoms with Crippen LogP contribution in [0.5, 0.6) is 5.75 Å². The first-order valence-corrected chi connectivity index (χ1v) is 7.35. The fourth-order valence-electron chi connectivity index (χ4n) is 3.44. The molecule has 3 N–H and O–H groups in total. The lowest BCUT2D eigenvalue weighted by molar-refractivity contribution is 0.145. The van der Waals surface area contributed by atoms with E-state index in [-0.39, 0.29) is 16.8 Å². The van der Waals surface area contributed by atoms with Gasteiger partial charge < -0.3 is 15.7 Å². The van der Waals surface area contributed by atoms with E-state index in [1.807, 2.05) is 13.0 Å². The number of rotatable bonds is 3. The van der Waals surface area contributed by atoms with Gasteiger partial charge in [0.25, 0.3) is 0 Å². The zero-order valence-corrected chi connectivity index (χ0v) is 13.2. The number of nitrogens with zero attached hydrogens (tertiary/aromatic N) is 1. The van der Waals surface area contributed by atoms with E-state index in [1.54, 1.807) is 6.07 Å². The molecule has 1 aromatic heterocycles. The number of aromatic nitrogens is 1. The van der Waals surface area contributed by atoms with Crippen molar-refractivity contribution in [1.29, 1.82) is 0 Å². The minimum atomic E-state index is 0.126. The second kappa shape index (κ2) is 5.34. The van der Waals surface area contributed by atoms with Crippen LogP contribution in [-0.2, 0) is 6.54 Å². The van der Waals surface area contributed by atoms with Gasteiger partial charge in [-0.3, -0.25) is 4.98 Å². The van der Waals surface area contributed by atoms with E-state index in [4.69, 9.17) is 0 Å². The van der Waals surface area contributed by atoms with Gasteiger partial charge in [-0.25, -0.2) is 0 Å². The summed E-state index contributed by atoms with van der Waals surface area (Å²) < 4.78 is 0. The molecule has 1 saturated heterocycles. The van der Waals surface area contributed by atoms with Crippen molar-refractivity contribution >= 4 is 0 Å². The molecule has 1 aromatic rings. The highest BCUT2D eigenvalue weighted by Gasteiger charge is 2.37. The van der Waals surface area contributed by atoms with Crippen LogP contribution >= 0.6 is 0 Å². The van der Waals surface area contributed by atoms with Crippen LogP contribution in [0.2, 0.25) is 0 Å². The molecule has 0 saturated carbocycles. The molecule has 2 heterocycles. The molecule has 1 aliphatic heterocycles. The van der Waals surface area contributed by atoms with Crippen molar-refractivity contribution in [3.8, 4) is 5.75 Å². The third-order valence-electron chi connectivity index (χ3n) is 3.84. The van der Waals surface area contributed by atoms with Crippen LogP contribution in [0.3, 0.4) is 0 Å². The van der Waals surface area contributed by atoms with Crippen molar-refractivity contribution < 1.29 is 5.11 Å². The van der Waals surface area contributed by atoms with Crippen LogP contribution in [0.25, 0.3) is 0 Å². The van der Waals surface area contributed by atoms with E-state index in [2.05, 4.69) is 43.3 Å². The number of aryl methyl sites for hydroxylation is 1.